The zero-order chi connectivity index (χ0) is 27.8. The van der Waals surface area contributed by atoms with E-state index in [4.69, 9.17) is 9.47 Å². The Morgan fingerprint density at radius 3 is 2.03 bits per heavy atom. The summed E-state index contributed by atoms with van der Waals surface area (Å²) >= 11 is 0. The maximum atomic E-state index is 14.1. The van der Waals surface area contributed by atoms with Crippen LogP contribution in [0.2, 0.25) is 0 Å². The van der Waals surface area contributed by atoms with Crippen LogP contribution in [0, 0.1) is 0 Å². The zero-order valence-electron chi connectivity index (χ0n) is 22.3. The van der Waals surface area contributed by atoms with E-state index in [9.17, 15) is 18.0 Å². The van der Waals surface area contributed by atoms with E-state index in [2.05, 4.69) is 6.92 Å². The van der Waals surface area contributed by atoms with Crippen molar-refractivity contribution in [3.63, 3.8) is 0 Å². The third-order valence-electron chi connectivity index (χ3n) is 6.92. The summed E-state index contributed by atoms with van der Waals surface area (Å²) in [6, 6.07) is 24.2. The van der Waals surface area contributed by atoms with Gasteiger partial charge in [0.25, 0.3) is 0 Å². The number of halogens is 3. The van der Waals surface area contributed by atoms with Crippen LogP contribution in [0.3, 0.4) is 0 Å². The minimum absolute atomic E-state index is 0.0674. The van der Waals surface area contributed by atoms with Crippen molar-refractivity contribution < 1.29 is 27.4 Å². The lowest BCUT2D eigenvalue weighted by atomic mass is 9.89. The molecule has 0 aliphatic carbocycles. The van der Waals surface area contributed by atoms with Crippen molar-refractivity contribution in [1.82, 2.24) is 0 Å². The monoisotopic (exact) mass is 534 g/mol. The molecule has 0 heterocycles. The predicted molar refractivity (Wildman–Crippen MR) is 150 cm³/mol. The molecular formula is C33H33F3O3. The number of alkyl halides is 3. The van der Waals surface area contributed by atoms with Gasteiger partial charge in [-0.2, -0.15) is 13.2 Å². The van der Waals surface area contributed by atoms with Gasteiger partial charge in [-0.05, 0) is 58.1 Å². The van der Waals surface area contributed by atoms with Gasteiger partial charge < -0.3 is 9.47 Å². The van der Waals surface area contributed by atoms with Gasteiger partial charge in [0.05, 0.1) is 19.6 Å². The van der Waals surface area contributed by atoms with Gasteiger partial charge in [-0.1, -0.05) is 86.8 Å². The van der Waals surface area contributed by atoms with Gasteiger partial charge in [0.15, 0.2) is 5.78 Å². The number of hydrogen-bond acceptors (Lipinski definition) is 3. The number of carbonyl (C=O) groups excluding carboxylic acids is 1. The van der Waals surface area contributed by atoms with Crippen molar-refractivity contribution in [1.29, 1.82) is 0 Å². The average molecular weight is 535 g/mol. The van der Waals surface area contributed by atoms with Crippen molar-refractivity contribution in [2.45, 2.75) is 51.1 Å². The third-order valence-corrected chi connectivity index (χ3v) is 6.92. The van der Waals surface area contributed by atoms with E-state index in [1.54, 1.807) is 48.5 Å². The van der Waals surface area contributed by atoms with E-state index in [0.29, 0.717) is 17.7 Å². The number of unbranched alkanes of at least 4 members (excludes halogenated alkanes) is 3. The highest BCUT2D eigenvalue weighted by Gasteiger charge is 2.42. The number of fused-ring (bicyclic) bond motifs is 1. The highest BCUT2D eigenvalue weighted by molar-refractivity contribution is 5.97. The molecule has 39 heavy (non-hydrogen) atoms. The second-order valence-corrected chi connectivity index (χ2v) is 9.70. The van der Waals surface area contributed by atoms with E-state index in [1.165, 1.54) is 32.1 Å². The van der Waals surface area contributed by atoms with Crippen molar-refractivity contribution >= 4 is 16.6 Å². The molecular weight excluding hydrogens is 501 g/mol. The fourth-order valence-corrected chi connectivity index (χ4v) is 4.62. The molecule has 3 nitrogen and oxygen atoms in total. The highest BCUT2D eigenvalue weighted by atomic mass is 19.4. The molecule has 0 N–H and O–H groups in total. The number of Topliss-reactive ketones (excluding diaryl/α,β-unsaturated/α-hetero) is 1. The summed E-state index contributed by atoms with van der Waals surface area (Å²) in [4.78, 5) is 12.9. The van der Waals surface area contributed by atoms with Crippen molar-refractivity contribution in [2.75, 3.05) is 13.7 Å². The Kier molecular flexibility index (Phi) is 9.28. The van der Waals surface area contributed by atoms with Crippen molar-refractivity contribution in [3.05, 3.63) is 96.1 Å². The maximum Gasteiger partial charge on any atom is 0.396 e. The number of rotatable bonds is 12. The first kappa shape index (κ1) is 28.2. The van der Waals surface area contributed by atoms with Crippen LogP contribution in [-0.2, 0) is 0 Å². The van der Waals surface area contributed by atoms with Gasteiger partial charge in [-0.25, -0.2) is 0 Å². The zero-order valence-corrected chi connectivity index (χ0v) is 22.3. The summed E-state index contributed by atoms with van der Waals surface area (Å²) in [6.07, 6.45) is -0.651. The molecule has 4 aromatic rings. The lowest BCUT2D eigenvalue weighted by Gasteiger charge is -2.21. The Labute approximate surface area is 227 Å². The first-order valence-electron chi connectivity index (χ1n) is 13.3. The molecule has 0 aliphatic rings. The molecule has 0 fully saturated rings. The Morgan fingerprint density at radius 1 is 0.769 bits per heavy atom. The van der Waals surface area contributed by atoms with Gasteiger partial charge in [-0.15, -0.1) is 0 Å². The minimum atomic E-state index is -4.56. The van der Waals surface area contributed by atoms with Crippen LogP contribution in [0.5, 0.6) is 11.5 Å². The topological polar surface area (TPSA) is 35.5 Å². The molecule has 1 atom stereocenters. The van der Waals surface area contributed by atoms with E-state index >= 15 is 0 Å². The van der Waals surface area contributed by atoms with Crippen LogP contribution in [0.4, 0.5) is 13.2 Å². The summed E-state index contributed by atoms with van der Waals surface area (Å²) in [5.41, 5.74) is 2.13. The lowest BCUT2D eigenvalue weighted by molar-refractivity contribution is -0.149. The lowest BCUT2D eigenvalue weighted by Crippen LogP contribution is -2.23. The number of methoxy groups -OCH3 is 1. The summed E-state index contributed by atoms with van der Waals surface area (Å²) in [7, 11) is 1.54. The van der Waals surface area contributed by atoms with Crippen LogP contribution in [0.1, 0.15) is 60.9 Å². The van der Waals surface area contributed by atoms with Gasteiger partial charge in [-0.3, -0.25) is 4.79 Å². The molecule has 4 rings (SSSR count). The molecule has 0 saturated heterocycles. The molecule has 0 saturated carbocycles. The van der Waals surface area contributed by atoms with Gasteiger partial charge in [0.1, 0.15) is 11.5 Å². The average Bonchev–Trinajstić information content (AvgIpc) is 2.95. The Balaban J connectivity index is 1.44. The van der Waals surface area contributed by atoms with E-state index in [0.717, 1.165) is 35.1 Å². The first-order valence-corrected chi connectivity index (χ1v) is 13.3. The highest BCUT2D eigenvalue weighted by Crippen LogP contribution is 2.39. The summed E-state index contributed by atoms with van der Waals surface area (Å²) in [5, 5.41) is 1.43. The number of ketones is 1. The smallest absolute Gasteiger partial charge is 0.396 e. The second-order valence-electron chi connectivity index (χ2n) is 9.70. The van der Waals surface area contributed by atoms with Crippen molar-refractivity contribution in [2.24, 2.45) is 0 Å². The number of carbonyl (C=O) groups is 1. The Hall–Kier alpha value is -3.80. The molecule has 0 amide bonds. The number of hydrogen-bond donors (Lipinski definition) is 0. The largest absolute Gasteiger partial charge is 0.497 e. The van der Waals surface area contributed by atoms with E-state index in [-0.39, 0.29) is 11.1 Å². The Bertz CT molecular complexity index is 1380. The summed E-state index contributed by atoms with van der Waals surface area (Å²) in [5.74, 6) is -1.02. The van der Waals surface area contributed by atoms with Crippen LogP contribution in [-0.4, -0.2) is 25.7 Å². The molecule has 4 aromatic carbocycles. The number of benzene rings is 4. The van der Waals surface area contributed by atoms with E-state index in [1.807, 2.05) is 24.3 Å². The standard InChI is InChI=1S/C33H33F3O3/c1-3-4-5-6-19-39-29-16-13-24(14-17-29)23-7-9-25(10-8-23)32(37)22-31(33(34,35)36)28-12-11-27-21-30(38-2)18-15-26(27)20-28/h7-18,20-21,31H,3-6,19,22H2,1-2H3. The molecule has 0 aliphatic heterocycles. The quantitative estimate of drug-likeness (QED) is 0.134. The molecule has 6 heteroatoms. The fourth-order valence-electron chi connectivity index (χ4n) is 4.62. The summed E-state index contributed by atoms with van der Waals surface area (Å²) in [6.45, 7) is 2.86. The first-order chi connectivity index (χ1) is 18.8. The normalized spacial score (nSPS) is 12.3. The SMILES string of the molecule is CCCCCCOc1ccc(-c2ccc(C(=O)CC(c3ccc4cc(OC)ccc4c3)C(F)(F)F)cc2)cc1. The maximum absolute atomic E-state index is 14.1. The fraction of sp³-hybridized carbons (Fsp3) is 0.303. The molecule has 0 bridgehead atoms. The van der Waals surface area contributed by atoms with Gasteiger partial charge in [0, 0.05) is 12.0 Å². The van der Waals surface area contributed by atoms with Crippen LogP contribution in [0.25, 0.3) is 21.9 Å². The molecule has 204 valence electrons. The van der Waals surface area contributed by atoms with Crippen LogP contribution >= 0.6 is 0 Å². The predicted octanol–water partition coefficient (Wildman–Crippen LogP) is 9.39. The van der Waals surface area contributed by atoms with Crippen LogP contribution in [0.15, 0.2) is 84.9 Å². The van der Waals surface area contributed by atoms with E-state index < -0.39 is 24.3 Å². The third kappa shape index (κ3) is 7.41. The molecule has 0 radical (unpaired) electrons. The number of ether oxygens (including phenoxy) is 2. The van der Waals surface area contributed by atoms with Crippen LogP contribution < -0.4 is 9.47 Å². The molecule has 0 spiro atoms. The molecule has 1 unspecified atom stereocenters. The van der Waals surface area contributed by atoms with Gasteiger partial charge >= 0.3 is 6.18 Å². The van der Waals surface area contributed by atoms with Gasteiger partial charge in [0.2, 0.25) is 0 Å². The minimum Gasteiger partial charge on any atom is -0.497 e. The second kappa shape index (κ2) is 12.8. The van der Waals surface area contributed by atoms with Crippen molar-refractivity contribution in [3.8, 4) is 22.6 Å². The summed E-state index contributed by atoms with van der Waals surface area (Å²) < 4.78 is 53.2. The Morgan fingerprint density at radius 2 is 1.38 bits per heavy atom. The molecule has 0 aromatic heterocycles.